The number of hydrogen-bond donors (Lipinski definition) is 3. The van der Waals surface area contributed by atoms with Crippen LogP contribution in [0.15, 0.2) is 78.9 Å². The molecule has 2 heterocycles. The molecule has 0 bridgehead atoms. The molecule has 0 radical (unpaired) electrons. The van der Waals surface area contributed by atoms with E-state index in [9.17, 15) is 19.8 Å². The van der Waals surface area contributed by atoms with E-state index in [0.29, 0.717) is 48.7 Å². The summed E-state index contributed by atoms with van der Waals surface area (Å²) in [6.45, 7) is 11.6. The molecule has 2 amide bonds. The van der Waals surface area contributed by atoms with Crippen LogP contribution in [0.5, 0.6) is 0 Å². The highest BCUT2D eigenvalue weighted by Crippen LogP contribution is 2.32. The van der Waals surface area contributed by atoms with Crippen molar-refractivity contribution in [1.82, 2.24) is 19.6 Å². The Morgan fingerprint density at radius 1 is 0.959 bits per heavy atom. The van der Waals surface area contributed by atoms with Crippen LogP contribution in [0.4, 0.5) is 5.69 Å². The maximum Gasteiger partial charge on any atom is 0.274 e. The van der Waals surface area contributed by atoms with Crippen LogP contribution in [-0.2, 0) is 18.4 Å². The van der Waals surface area contributed by atoms with Crippen molar-refractivity contribution >= 4 is 17.5 Å². The molecular weight excluding hydrogens is 614 g/mol. The Labute approximate surface area is 290 Å². The molecule has 260 valence electrons. The van der Waals surface area contributed by atoms with E-state index in [-0.39, 0.29) is 18.4 Å². The first kappa shape index (κ1) is 35.8. The second kappa shape index (κ2) is 15.8. The van der Waals surface area contributed by atoms with Crippen molar-refractivity contribution in [3.05, 3.63) is 113 Å². The molecule has 1 unspecified atom stereocenters. The lowest BCUT2D eigenvalue weighted by molar-refractivity contribution is 0.0544. The minimum Gasteiger partial charge on any atom is -0.394 e. The van der Waals surface area contributed by atoms with Crippen LogP contribution < -0.4 is 5.32 Å². The van der Waals surface area contributed by atoms with Gasteiger partial charge in [0.15, 0.2) is 5.69 Å². The van der Waals surface area contributed by atoms with Crippen LogP contribution in [0.25, 0.3) is 5.69 Å². The van der Waals surface area contributed by atoms with Gasteiger partial charge in [-0.1, -0.05) is 95.1 Å². The van der Waals surface area contributed by atoms with Crippen LogP contribution in [0.3, 0.4) is 0 Å². The number of fused-ring (bicyclic) bond motifs is 1. The van der Waals surface area contributed by atoms with Gasteiger partial charge in [-0.3, -0.25) is 9.59 Å². The van der Waals surface area contributed by atoms with Gasteiger partial charge in [0.25, 0.3) is 11.8 Å². The number of carbonyl (C=O) groups excluding carboxylic acids is 2. The summed E-state index contributed by atoms with van der Waals surface area (Å²) < 4.78 is 1.66. The topological polar surface area (TPSA) is 111 Å². The maximum atomic E-state index is 14.6. The highest BCUT2D eigenvalue weighted by Gasteiger charge is 2.33. The molecule has 1 aromatic heterocycles. The van der Waals surface area contributed by atoms with Crippen molar-refractivity contribution < 1.29 is 19.8 Å². The van der Waals surface area contributed by atoms with E-state index in [0.717, 1.165) is 48.1 Å². The number of carbonyl (C=O) groups is 2. The number of aryl methyl sites for hydroxylation is 1. The standard InChI is InChI=1S/C40H51N5O4/c1-6-8-21-43(22-9-7-2)38(48)35-23-28(3)45(42-35)36-20-19-32(41-39(49)40(4,5)31-17-11-10-12-18-31)25-34(36)37(47)44-26-30-16-14-13-15-29(30)24-33(44)27-46/h10-20,23,25,33,39,41,46,49H,6-9,21-22,24,26-27H2,1-5H3/t33-,39?/m0/s1. The minimum absolute atomic E-state index is 0.117. The fourth-order valence-electron chi connectivity index (χ4n) is 6.49. The summed E-state index contributed by atoms with van der Waals surface area (Å²) in [6, 6.07) is 24.6. The van der Waals surface area contributed by atoms with E-state index in [1.165, 1.54) is 0 Å². The van der Waals surface area contributed by atoms with Crippen LogP contribution >= 0.6 is 0 Å². The first-order valence-corrected chi connectivity index (χ1v) is 17.6. The normalized spacial score (nSPS) is 15.1. The smallest absolute Gasteiger partial charge is 0.274 e. The SMILES string of the molecule is CCCCN(CCCC)C(=O)c1cc(C)n(-c2ccc(NC(O)C(C)(C)c3ccccc3)cc2C(=O)N2Cc3ccccc3C[C@H]2CO)n1. The average Bonchev–Trinajstić information content (AvgIpc) is 3.51. The Morgan fingerprint density at radius 2 is 1.61 bits per heavy atom. The zero-order chi connectivity index (χ0) is 35.1. The number of rotatable bonds is 14. The van der Waals surface area contributed by atoms with Gasteiger partial charge in [-0.25, -0.2) is 4.68 Å². The molecule has 9 heteroatoms. The predicted octanol–water partition coefficient (Wildman–Crippen LogP) is 6.49. The fraction of sp³-hybridized carbons (Fsp3) is 0.425. The van der Waals surface area contributed by atoms with E-state index in [1.807, 2.05) is 92.4 Å². The quantitative estimate of drug-likeness (QED) is 0.133. The number of hydrogen-bond acceptors (Lipinski definition) is 6. The predicted molar refractivity (Wildman–Crippen MR) is 194 cm³/mol. The van der Waals surface area contributed by atoms with Crippen molar-refractivity contribution in [3.63, 3.8) is 0 Å². The number of aromatic nitrogens is 2. The highest BCUT2D eigenvalue weighted by atomic mass is 16.3. The van der Waals surface area contributed by atoms with Gasteiger partial charge in [0.2, 0.25) is 0 Å². The Bertz CT molecular complexity index is 1730. The van der Waals surface area contributed by atoms with E-state index >= 15 is 0 Å². The lowest BCUT2D eigenvalue weighted by Crippen LogP contribution is -2.46. The van der Waals surface area contributed by atoms with Gasteiger partial charge in [-0.05, 0) is 67.1 Å². The highest BCUT2D eigenvalue weighted by molar-refractivity contribution is 5.99. The number of aliphatic hydroxyl groups is 2. The number of nitrogens with one attached hydrogen (secondary N) is 1. The molecule has 1 aliphatic heterocycles. The number of benzene rings is 3. The van der Waals surface area contributed by atoms with Gasteiger partial charge in [0.1, 0.15) is 6.23 Å². The molecule has 0 aliphatic carbocycles. The van der Waals surface area contributed by atoms with Gasteiger partial charge >= 0.3 is 0 Å². The third-order valence-electron chi connectivity index (χ3n) is 9.74. The zero-order valence-corrected chi connectivity index (χ0v) is 29.5. The summed E-state index contributed by atoms with van der Waals surface area (Å²) in [4.78, 5) is 31.9. The van der Waals surface area contributed by atoms with Crippen molar-refractivity contribution in [2.24, 2.45) is 0 Å². The monoisotopic (exact) mass is 665 g/mol. The van der Waals surface area contributed by atoms with Gasteiger partial charge in [0.05, 0.1) is 23.9 Å². The largest absolute Gasteiger partial charge is 0.394 e. The molecule has 9 nitrogen and oxygen atoms in total. The van der Waals surface area contributed by atoms with Crippen LogP contribution in [0.2, 0.25) is 0 Å². The number of unbranched alkanes of at least 4 members (excludes halogenated alkanes) is 2. The molecule has 3 N–H and O–H groups in total. The molecule has 0 saturated carbocycles. The van der Waals surface area contributed by atoms with E-state index in [1.54, 1.807) is 21.7 Å². The third kappa shape index (κ3) is 7.89. The summed E-state index contributed by atoms with van der Waals surface area (Å²) in [7, 11) is 0. The summed E-state index contributed by atoms with van der Waals surface area (Å²) in [5.74, 6) is -0.381. The van der Waals surface area contributed by atoms with Crippen LogP contribution in [-0.4, -0.2) is 73.6 Å². The zero-order valence-electron chi connectivity index (χ0n) is 29.5. The second-order valence-electron chi connectivity index (χ2n) is 13.7. The van der Waals surface area contributed by atoms with Crippen LogP contribution in [0, 0.1) is 6.92 Å². The van der Waals surface area contributed by atoms with Crippen molar-refractivity contribution in [2.45, 2.75) is 91.0 Å². The van der Waals surface area contributed by atoms with Crippen molar-refractivity contribution in [1.29, 1.82) is 0 Å². The fourth-order valence-corrected chi connectivity index (χ4v) is 6.49. The first-order valence-electron chi connectivity index (χ1n) is 17.6. The second-order valence-corrected chi connectivity index (χ2v) is 13.7. The third-order valence-corrected chi connectivity index (χ3v) is 9.74. The maximum absolute atomic E-state index is 14.6. The Kier molecular flexibility index (Phi) is 11.6. The van der Waals surface area contributed by atoms with Gasteiger partial charge in [-0.15, -0.1) is 0 Å². The molecule has 5 rings (SSSR count). The molecule has 4 aromatic rings. The minimum atomic E-state index is -0.969. The first-order chi connectivity index (χ1) is 23.6. The number of nitrogens with zero attached hydrogens (tertiary/aromatic N) is 4. The van der Waals surface area contributed by atoms with E-state index in [4.69, 9.17) is 5.10 Å². The van der Waals surface area contributed by atoms with Gasteiger partial charge < -0.3 is 25.3 Å². The van der Waals surface area contributed by atoms with Crippen molar-refractivity contribution in [2.75, 3.05) is 25.0 Å². The summed E-state index contributed by atoms with van der Waals surface area (Å²) in [5.41, 5.74) is 4.98. The van der Waals surface area contributed by atoms with Crippen molar-refractivity contribution in [3.8, 4) is 5.69 Å². The summed E-state index contributed by atoms with van der Waals surface area (Å²) >= 11 is 0. The number of anilines is 1. The van der Waals surface area contributed by atoms with E-state index in [2.05, 4.69) is 19.2 Å². The molecule has 49 heavy (non-hydrogen) atoms. The van der Waals surface area contributed by atoms with Gasteiger partial charge in [0, 0.05) is 36.4 Å². The molecule has 0 fully saturated rings. The Hall–Kier alpha value is -4.47. The average molecular weight is 666 g/mol. The number of amides is 2. The summed E-state index contributed by atoms with van der Waals surface area (Å²) in [5, 5.41) is 29.9. The summed E-state index contributed by atoms with van der Waals surface area (Å²) in [6.07, 6.45) is 3.38. The number of aliphatic hydroxyl groups excluding tert-OH is 2. The molecule has 3 aromatic carbocycles. The molecule has 0 spiro atoms. The van der Waals surface area contributed by atoms with Crippen LogP contribution in [0.1, 0.15) is 96.6 Å². The molecular formula is C40H51N5O4. The lowest BCUT2D eigenvalue weighted by atomic mass is 9.82. The molecule has 2 atom stereocenters. The Balaban J connectivity index is 1.54. The Morgan fingerprint density at radius 3 is 2.27 bits per heavy atom. The van der Waals surface area contributed by atoms with Gasteiger partial charge in [-0.2, -0.15) is 5.10 Å². The molecule has 1 aliphatic rings. The lowest BCUT2D eigenvalue weighted by Gasteiger charge is -2.36. The van der Waals surface area contributed by atoms with E-state index < -0.39 is 17.7 Å². The molecule has 0 saturated heterocycles.